The summed E-state index contributed by atoms with van der Waals surface area (Å²) in [6, 6.07) is 15.0. The van der Waals surface area contributed by atoms with E-state index in [1.807, 2.05) is 31.3 Å². The Balaban J connectivity index is 0.000000285. The van der Waals surface area contributed by atoms with Gasteiger partial charge in [0.25, 0.3) is 0 Å². The first-order chi connectivity index (χ1) is 12.5. The quantitative estimate of drug-likeness (QED) is 0.303. The van der Waals surface area contributed by atoms with E-state index >= 15 is 0 Å². The number of carbonyl (C=O) groups excluding carboxylic acids is 1. The Kier molecular flexibility index (Phi) is 6.77. The first-order valence-corrected chi connectivity index (χ1v) is 8.06. The van der Waals surface area contributed by atoms with Crippen LogP contribution in [0.25, 0.3) is 22.4 Å². The zero-order valence-corrected chi connectivity index (χ0v) is 17.5. The Labute approximate surface area is 170 Å². The number of fused-ring (bicyclic) bond motifs is 2. The molecule has 7 heteroatoms. The second kappa shape index (κ2) is 8.84. The van der Waals surface area contributed by atoms with Gasteiger partial charge in [-0.05, 0) is 26.0 Å². The fourth-order valence-corrected chi connectivity index (χ4v) is 2.65. The molecule has 0 fully saturated rings. The molecule has 4 rings (SSSR count). The van der Waals surface area contributed by atoms with Crippen molar-refractivity contribution in [2.75, 3.05) is 6.79 Å². The number of aromatic nitrogens is 2. The molecule has 1 aliphatic rings. The number of hydrogen-bond acceptors (Lipinski definition) is 5. The molecule has 6 nitrogen and oxygen atoms in total. The molecule has 27 heavy (non-hydrogen) atoms. The number of aliphatic hydroxyl groups excluding tert-OH is 1. The number of ether oxygens (including phenoxy) is 2. The van der Waals surface area contributed by atoms with E-state index in [0.717, 1.165) is 33.9 Å². The summed E-state index contributed by atoms with van der Waals surface area (Å²) in [6.07, 6.45) is 1.17. The van der Waals surface area contributed by atoms with E-state index in [2.05, 4.69) is 21.7 Å². The van der Waals surface area contributed by atoms with Gasteiger partial charge in [0.15, 0.2) is 5.78 Å². The molecule has 1 radical (unpaired) electrons. The van der Waals surface area contributed by atoms with Gasteiger partial charge in [0.2, 0.25) is 6.79 Å². The van der Waals surface area contributed by atoms with Crippen LogP contribution in [-0.2, 0) is 31.9 Å². The average molecular weight is 544 g/mol. The maximum atomic E-state index is 10.0. The molecule has 0 unspecified atom stereocenters. The van der Waals surface area contributed by atoms with Gasteiger partial charge in [-0.3, -0.25) is 9.78 Å². The molecule has 1 aliphatic heterocycles. The molecule has 2 aromatic carbocycles. The van der Waals surface area contributed by atoms with Crippen molar-refractivity contribution < 1.29 is 39.5 Å². The first-order valence-electron chi connectivity index (χ1n) is 8.06. The summed E-state index contributed by atoms with van der Waals surface area (Å²) in [5.74, 6) is 2.30. The molecule has 1 N–H and O–H groups in total. The van der Waals surface area contributed by atoms with Gasteiger partial charge in [-0.25, -0.2) is 0 Å². The largest absolute Gasteiger partial charge is 0.512 e. The van der Waals surface area contributed by atoms with Crippen LogP contribution in [0.15, 0.2) is 48.2 Å². The van der Waals surface area contributed by atoms with E-state index in [4.69, 9.17) is 14.6 Å². The van der Waals surface area contributed by atoms with Crippen molar-refractivity contribution in [2.45, 2.75) is 13.8 Å². The molecule has 0 amide bonds. The van der Waals surface area contributed by atoms with Crippen molar-refractivity contribution in [1.29, 1.82) is 0 Å². The minimum Gasteiger partial charge on any atom is -0.512 e. The fraction of sp³-hybridized carbons (Fsp3) is 0.200. The normalized spacial score (nSPS) is 12.2. The van der Waals surface area contributed by atoms with Gasteiger partial charge in [0, 0.05) is 33.2 Å². The Morgan fingerprint density at radius 2 is 1.96 bits per heavy atom. The van der Waals surface area contributed by atoms with Crippen LogP contribution >= 0.6 is 0 Å². The molecule has 1 aromatic heterocycles. The summed E-state index contributed by atoms with van der Waals surface area (Å²) in [6.45, 7) is 3.12. The minimum absolute atomic E-state index is 0. The van der Waals surface area contributed by atoms with Crippen molar-refractivity contribution in [3.05, 3.63) is 54.3 Å². The second-order valence-corrected chi connectivity index (χ2v) is 5.86. The molecule has 0 saturated heterocycles. The topological polar surface area (TPSA) is 73.6 Å². The molecule has 0 atom stereocenters. The van der Waals surface area contributed by atoms with Crippen LogP contribution < -0.4 is 9.47 Å². The first kappa shape index (κ1) is 20.7. The maximum Gasteiger partial charge on any atom is 0.218 e. The summed E-state index contributed by atoms with van der Waals surface area (Å²) in [5.41, 5.74) is 2.98. The van der Waals surface area contributed by atoms with E-state index < -0.39 is 0 Å². The summed E-state index contributed by atoms with van der Waals surface area (Å²) >= 11 is 0. The summed E-state index contributed by atoms with van der Waals surface area (Å²) in [4.78, 5) is 14.7. The molecule has 0 aliphatic carbocycles. The minimum atomic E-state index is -0.125. The van der Waals surface area contributed by atoms with Gasteiger partial charge in [-0.15, -0.1) is 17.7 Å². The number of hydrogen-bond donors (Lipinski definition) is 1. The predicted octanol–water partition coefficient (Wildman–Crippen LogP) is 3.80. The molecule has 143 valence electrons. The summed E-state index contributed by atoms with van der Waals surface area (Å²) in [7, 11) is 2.00. The summed E-state index contributed by atoms with van der Waals surface area (Å²) < 4.78 is 12.8. The molecular formula is C20H19IrN2O4-. The second-order valence-electron chi connectivity index (χ2n) is 5.86. The zero-order chi connectivity index (χ0) is 18.7. The summed E-state index contributed by atoms with van der Waals surface area (Å²) in [5, 5.41) is 8.36. The number of rotatable bonds is 2. The molecule has 0 saturated carbocycles. The third kappa shape index (κ3) is 4.76. The SMILES string of the molecule is CC(=O)/C=C(/C)O.Cn1c(-c2[c-]cc3c(c2)OCO3)nc2ccccc21.[Ir]. The van der Waals surface area contributed by atoms with Crippen molar-refractivity contribution in [1.82, 2.24) is 9.55 Å². The van der Waals surface area contributed by atoms with Gasteiger partial charge < -0.3 is 19.1 Å². The van der Waals surface area contributed by atoms with Crippen LogP contribution in [0.5, 0.6) is 11.5 Å². The van der Waals surface area contributed by atoms with E-state index in [1.165, 1.54) is 19.9 Å². The molecule has 0 bridgehead atoms. The number of carbonyl (C=O) groups is 1. The van der Waals surface area contributed by atoms with E-state index in [0.29, 0.717) is 0 Å². The van der Waals surface area contributed by atoms with Gasteiger partial charge in [0.1, 0.15) is 0 Å². The van der Waals surface area contributed by atoms with Crippen LogP contribution in [0.1, 0.15) is 13.8 Å². The van der Waals surface area contributed by atoms with E-state index in [1.54, 1.807) is 6.07 Å². The van der Waals surface area contributed by atoms with Gasteiger partial charge in [-0.2, -0.15) is 0 Å². The number of aryl methyl sites for hydroxylation is 1. The number of nitrogens with zero attached hydrogens (tertiary/aromatic N) is 2. The van der Waals surface area contributed by atoms with Crippen LogP contribution in [0.3, 0.4) is 0 Å². The van der Waals surface area contributed by atoms with Crippen LogP contribution in [0.4, 0.5) is 0 Å². The number of imidazole rings is 1. The Hall–Kier alpha value is -2.63. The average Bonchev–Trinajstić information content (AvgIpc) is 3.18. The Bertz CT molecular complexity index is 991. The number of ketones is 1. The van der Waals surface area contributed by atoms with Crippen LogP contribution in [-0.4, -0.2) is 27.2 Å². The Morgan fingerprint density at radius 1 is 1.26 bits per heavy atom. The predicted molar refractivity (Wildman–Crippen MR) is 98.2 cm³/mol. The van der Waals surface area contributed by atoms with Crippen molar-refractivity contribution >= 4 is 16.8 Å². The number of benzene rings is 2. The third-order valence-corrected chi connectivity index (χ3v) is 3.75. The maximum absolute atomic E-state index is 10.0. The van der Waals surface area contributed by atoms with Crippen molar-refractivity contribution in [3.8, 4) is 22.9 Å². The molecule has 3 aromatic rings. The monoisotopic (exact) mass is 544 g/mol. The van der Waals surface area contributed by atoms with E-state index in [9.17, 15) is 4.79 Å². The van der Waals surface area contributed by atoms with E-state index in [-0.39, 0.29) is 38.4 Å². The number of allylic oxidation sites excluding steroid dienone is 2. The number of para-hydroxylation sites is 2. The number of aliphatic hydroxyl groups is 1. The molecule has 2 heterocycles. The smallest absolute Gasteiger partial charge is 0.218 e. The Morgan fingerprint density at radius 3 is 2.59 bits per heavy atom. The zero-order valence-electron chi connectivity index (χ0n) is 15.1. The molecule has 0 spiro atoms. The van der Waals surface area contributed by atoms with Gasteiger partial charge in [0.05, 0.1) is 34.1 Å². The van der Waals surface area contributed by atoms with Gasteiger partial charge >= 0.3 is 0 Å². The third-order valence-electron chi connectivity index (χ3n) is 3.75. The molecular weight excluding hydrogens is 524 g/mol. The van der Waals surface area contributed by atoms with Gasteiger partial charge in [-0.1, -0.05) is 18.2 Å². The van der Waals surface area contributed by atoms with Crippen molar-refractivity contribution in [2.24, 2.45) is 7.05 Å². The standard InChI is InChI=1S/C15H11N2O2.C5H8O2.Ir/c1-17-12-5-3-2-4-11(12)16-15(17)10-6-7-13-14(8-10)19-9-18-13;1-4(6)3-5(2)7;/h2-5,7-8H,9H2,1H3;3,6H,1-2H3;/q-1;;/b;4-3-;. The fourth-order valence-electron chi connectivity index (χ4n) is 2.65. The van der Waals surface area contributed by atoms with Crippen LogP contribution in [0.2, 0.25) is 0 Å². The van der Waals surface area contributed by atoms with Crippen molar-refractivity contribution in [3.63, 3.8) is 0 Å². The van der Waals surface area contributed by atoms with Crippen LogP contribution in [0, 0.1) is 6.07 Å².